The fourth-order valence-corrected chi connectivity index (χ4v) is 3.68. The van der Waals surface area contributed by atoms with Gasteiger partial charge in [0.05, 0.1) is 12.5 Å². The van der Waals surface area contributed by atoms with Gasteiger partial charge in [0.2, 0.25) is 0 Å². The Morgan fingerprint density at radius 3 is 2.33 bits per heavy atom. The molecule has 0 N–H and O–H groups in total. The SMILES string of the molecule is CN1C2CCC1CC(c1ccc(CC#N)cc1)C2. The number of fused-ring (bicyclic) bond motifs is 2. The second-order valence-electron chi connectivity index (χ2n) is 5.80. The average Bonchev–Trinajstić information content (AvgIpc) is 2.63. The monoisotopic (exact) mass is 240 g/mol. The molecule has 2 aliphatic heterocycles. The maximum Gasteiger partial charge on any atom is 0.0669 e. The zero-order valence-corrected chi connectivity index (χ0v) is 11.0. The molecule has 2 heteroatoms. The molecule has 2 saturated heterocycles. The van der Waals surface area contributed by atoms with E-state index in [0.717, 1.165) is 23.6 Å². The van der Waals surface area contributed by atoms with Gasteiger partial charge in [-0.05, 0) is 49.8 Å². The van der Waals surface area contributed by atoms with Gasteiger partial charge in [0, 0.05) is 12.1 Å². The summed E-state index contributed by atoms with van der Waals surface area (Å²) in [5.74, 6) is 0.731. The molecule has 0 saturated carbocycles. The van der Waals surface area contributed by atoms with Crippen molar-refractivity contribution in [2.75, 3.05) is 7.05 Å². The summed E-state index contributed by atoms with van der Waals surface area (Å²) in [6.07, 6.45) is 5.91. The molecular formula is C16H20N2. The molecule has 0 aliphatic carbocycles. The third-order valence-electron chi connectivity index (χ3n) is 4.83. The van der Waals surface area contributed by atoms with Crippen LogP contribution in [0.4, 0.5) is 0 Å². The highest BCUT2D eigenvalue weighted by molar-refractivity contribution is 5.28. The molecule has 0 radical (unpaired) electrons. The average molecular weight is 240 g/mol. The molecule has 0 spiro atoms. The van der Waals surface area contributed by atoms with E-state index in [4.69, 9.17) is 5.26 Å². The van der Waals surface area contributed by atoms with E-state index in [2.05, 4.69) is 42.3 Å². The van der Waals surface area contributed by atoms with Gasteiger partial charge in [0.15, 0.2) is 0 Å². The topological polar surface area (TPSA) is 27.0 Å². The van der Waals surface area contributed by atoms with Crippen LogP contribution in [0.3, 0.4) is 0 Å². The van der Waals surface area contributed by atoms with E-state index in [0.29, 0.717) is 6.42 Å². The summed E-state index contributed by atoms with van der Waals surface area (Å²) < 4.78 is 0. The van der Waals surface area contributed by atoms with Gasteiger partial charge in [-0.1, -0.05) is 24.3 Å². The Labute approximate surface area is 109 Å². The molecule has 3 rings (SSSR count). The van der Waals surface area contributed by atoms with Gasteiger partial charge in [-0.3, -0.25) is 0 Å². The Morgan fingerprint density at radius 2 is 1.78 bits per heavy atom. The second kappa shape index (κ2) is 4.74. The van der Waals surface area contributed by atoms with E-state index in [-0.39, 0.29) is 0 Å². The lowest BCUT2D eigenvalue weighted by atomic mass is 9.85. The van der Waals surface area contributed by atoms with Crippen molar-refractivity contribution in [2.24, 2.45) is 0 Å². The fraction of sp³-hybridized carbons (Fsp3) is 0.562. The summed E-state index contributed by atoms with van der Waals surface area (Å²) in [6, 6.07) is 12.5. The lowest BCUT2D eigenvalue weighted by Gasteiger charge is -2.36. The minimum absolute atomic E-state index is 0.527. The van der Waals surface area contributed by atoms with E-state index >= 15 is 0 Å². The van der Waals surface area contributed by atoms with Crippen molar-refractivity contribution in [3.05, 3.63) is 35.4 Å². The van der Waals surface area contributed by atoms with E-state index in [1.165, 1.54) is 31.2 Å². The lowest BCUT2D eigenvalue weighted by Crippen LogP contribution is -2.39. The van der Waals surface area contributed by atoms with Gasteiger partial charge >= 0.3 is 0 Å². The van der Waals surface area contributed by atoms with Crippen LogP contribution in [0.1, 0.15) is 42.7 Å². The van der Waals surface area contributed by atoms with Crippen LogP contribution in [-0.4, -0.2) is 24.0 Å². The molecular weight excluding hydrogens is 220 g/mol. The summed E-state index contributed by atoms with van der Waals surface area (Å²) in [5.41, 5.74) is 2.61. The maximum absolute atomic E-state index is 8.69. The summed E-state index contributed by atoms with van der Waals surface area (Å²) in [4.78, 5) is 2.58. The smallest absolute Gasteiger partial charge is 0.0669 e. The standard InChI is InChI=1S/C16H20N2/c1-18-15-6-7-16(18)11-14(10-15)13-4-2-12(3-5-13)8-9-17/h2-5,14-16H,6-8,10-11H2,1H3. The lowest BCUT2D eigenvalue weighted by molar-refractivity contribution is 0.161. The van der Waals surface area contributed by atoms with Crippen molar-refractivity contribution in [3.8, 4) is 6.07 Å². The molecule has 1 aromatic rings. The molecule has 0 aromatic heterocycles. The number of piperidine rings is 1. The van der Waals surface area contributed by atoms with Crippen molar-refractivity contribution in [1.82, 2.24) is 4.90 Å². The molecule has 2 nitrogen and oxygen atoms in total. The van der Waals surface area contributed by atoms with E-state index in [1.54, 1.807) is 0 Å². The Hall–Kier alpha value is -1.33. The third kappa shape index (κ3) is 2.04. The first-order valence-corrected chi connectivity index (χ1v) is 6.95. The minimum atomic E-state index is 0.527. The van der Waals surface area contributed by atoms with Crippen LogP contribution in [0.2, 0.25) is 0 Å². The fourth-order valence-electron chi connectivity index (χ4n) is 3.68. The van der Waals surface area contributed by atoms with Crippen molar-refractivity contribution < 1.29 is 0 Å². The van der Waals surface area contributed by atoms with E-state index in [9.17, 15) is 0 Å². The van der Waals surface area contributed by atoms with Gasteiger partial charge in [-0.2, -0.15) is 5.26 Å². The zero-order chi connectivity index (χ0) is 12.5. The quantitative estimate of drug-likeness (QED) is 0.794. The highest BCUT2D eigenvalue weighted by Crippen LogP contribution is 2.41. The number of nitriles is 1. The Balaban J connectivity index is 1.74. The van der Waals surface area contributed by atoms with Crippen LogP contribution in [-0.2, 0) is 6.42 Å². The normalized spacial score (nSPS) is 31.2. The molecule has 2 bridgehead atoms. The Bertz CT molecular complexity index is 443. The van der Waals surface area contributed by atoms with E-state index in [1.807, 2.05) is 0 Å². The summed E-state index contributed by atoms with van der Waals surface area (Å²) in [6.45, 7) is 0. The Morgan fingerprint density at radius 1 is 1.17 bits per heavy atom. The van der Waals surface area contributed by atoms with E-state index < -0.39 is 0 Å². The second-order valence-corrected chi connectivity index (χ2v) is 5.80. The number of hydrogen-bond donors (Lipinski definition) is 0. The van der Waals surface area contributed by atoms with Crippen LogP contribution in [0.15, 0.2) is 24.3 Å². The van der Waals surface area contributed by atoms with Gasteiger partial charge in [0.1, 0.15) is 0 Å². The van der Waals surface area contributed by atoms with Gasteiger partial charge in [-0.15, -0.1) is 0 Å². The molecule has 2 aliphatic rings. The van der Waals surface area contributed by atoms with Crippen LogP contribution in [0, 0.1) is 11.3 Å². The van der Waals surface area contributed by atoms with Crippen LogP contribution in [0.25, 0.3) is 0 Å². The predicted molar refractivity (Wildman–Crippen MR) is 72.3 cm³/mol. The highest BCUT2D eigenvalue weighted by Gasteiger charge is 2.38. The number of rotatable bonds is 2. The first-order valence-electron chi connectivity index (χ1n) is 6.95. The molecule has 0 amide bonds. The van der Waals surface area contributed by atoms with Crippen LogP contribution < -0.4 is 0 Å². The molecule has 2 fully saturated rings. The number of benzene rings is 1. The van der Waals surface area contributed by atoms with Crippen LogP contribution in [0.5, 0.6) is 0 Å². The molecule has 2 unspecified atom stereocenters. The third-order valence-corrected chi connectivity index (χ3v) is 4.83. The summed E-state index contributed by atoms with van der Waals surface area (Å²) >= 11 is 0. The van der Waals surface area contributed by atoms with Gasteiger partial charge in [-0.25, -0.2) is 0 Å². The molecule has 2 heterocycles. The predicted octanol–water partition coefficient (Wildman–Crippen LogP) is 3.09. The van der Waals surface area contributed by atoms with Crippen LogP contribution >= 0.6 is 0 Å². The largest absolute Gasteiger partial charge is 0.300 e. The first kappa shape index (κ1) is 11.7. The highest BCUT2D eigenvalue weighted by atomic mass is 15.2. The zero-order valence-electron chi connectivity index (χ0n) is 11.0. The number of hydrogen-bond acceptors (Lipinski definition) is 2. The molecule has 18 heavy (non-hydrogen) atoms. The summed E-state index contributed by atoms with van der Waals surface area (Å²) in [5, 5.41) is 8.69. The van der Waals surface area contributed by atoms with Crippen molar-refractivity contribution in [1.29, 1.82) is 5.26 Å². The minimum Gasteiger partial charge on any atom is -0.300 e. The van der Waals surface area contributed by atoms with Gasteiger partial charge in [0.25, 0.3) is 0 Å². The number of nitrogens with zero attached hydrogens (tertiary/aromatic N) is 2. The van der Waals surface area contributed by atoms with Crippen molar-refractivity contribution >= 4 is 0 Å². The molecule has 94 valence electrons. The first-order chi connectivity index (χ1) is 8.78. The molecule has 2 atom stereocenters. The molecule has 1 aromatic carbocycles. The van der Waals surface area contributed by atoms with Crippen molar-refractivity contribution in [3.63, 3.8) is 0 Å². The maximum atomic E-state index is 8.69. The Kier molecular flexibility index (Phi) is 3.09. The van der Waals surface area contributed by atoms with Crippen molar-refractivity contribution in [2.45, 2.75) is 50.1 Å². The summed E-state index contributed by atoms with van der Waals surface area (Å²) in [7, 11) is 2.29. The van der Waals surface area contributed by atoms with Gasteiger partial charge < -0.3 is 4.90 Å².